The molecule has 150 valence electrons. The van der Waals surface area contributed by atoms with Crippen molar-refractivity contribution in [3.8, 4) is 11.5 Å². The summed E-state index contributed by atoms with van der Waals surface area (Å²) in [6, 6.07) is 18.4. The first-order valence-corrected chi connectivity index (χ1v) is 9.41. The van der Waals surface area contributed by atoms with Crippen LogP contribution in [0.1, 0.15) is 41.3 Å². The summed E-state index contributed by atoms with van der Waals surface area (Å²) < 4.78 is 16.7. The smallest absolute Gasteiger partial charge is 0.271 e. The molecule has 0 aliphatic heterocycles. The lowest BCUT2D eigenvalue weighted by atomic mass is 10.1. The third kappa shape index (κ3) is 5.72. The molecule has 1 amide bonds. The van der Waals surface area contributed by atoms with Crippen LogP contribution in [0, 0.1) is 6.92 Å². The Hall–Kier alpha value is -3.54. The molecule has 0 aliphatic carbocycles. The topological polar surface area (TPSA) is 73.1 Å². The fraction of sp³-hybridized carbons (Fsp3) is 0.217. The van der Waals surface area contributed by atoms with Crippen LogP contribution in [-0.4, -0.2) is 18.2 Å². The Kier molecular flexibility index (Phi) is 6.68. The molecule has 1 heterocycles. The van der Waals surface area contributed by atoms with E-state index in [0.717, 1.165) is 22.8 Å². The lowest BCUT2D eigenvalue weighted by Crippen LogP contribution is -2.19. The summed E-state index contributed by atoms with van der Waals surface area (Å²) in [5.74, 6) is 2.71. The number of ether oxygens (including phenoxy) is 2. The molecular formula is C23H24N2O4. The van der Waals surface area contributed by atoms with Gasteiger partial charge in [0, 0.05) is 5.56 Å². The predicted octanol–water partition coefficient (Wildman–Crippen LogP) is 4.72. The molecule has 6 nitrogen and oxygen atoms in total. The molecule has 6 heteroatoms. The monoisotopic (exact) mass is 392 g/mol. The fourth-order valence-corrected chi connectivity index (χ4v) is 2.60. The minimum Gasteiger partial charge on any atom is -0.494 e. The standard InChI is InChI=1S/C23H24N2O4/c1-4-27-20-10-12-21(13-11-20)28-15-18-6-8-19(9-7-18)23(26)25-24-17(3)22-14-5-16(2)29-22/h5-14H,4,15H2,1-3H3,(H,25,26)/b24-17-. The van der Waals surface area contributed by atoms with E-state index < -0.39 is 0 Å². The van der Waals surface area contributed by atoms with E-state index in [1.54, 1.807) is 19.1 Å². The van der Waals surface area contributed by atoms with Crippen molar-refractivity contribution in [2.24, 2.45) is 5.10 Å². The molecule has 3 rings (SSSR count). The number of carbonyl (C=O) groups excluding carboxylic acids is 1. The maximum absolute atomic E-state index is 12.3. The molecule has 2 aromatic carbocycles. The van der Waals surface area contributed by atoms with Crippen LogP contribution < -0.4 is 14.9 Å². The van der Waals surface area contributed by atoms with Crippen LogP contribution in [0.3, 0.4) is 0 Å². The van der Waals surface area contributed by atoms with E-state index in [4.69, 9.17) is 13.9 Å². The van der Waals surface area contributed by atoms with Gasteiger partial charge in [0.25, 0.3) is 5.91 Å². The van der Waals surface area contributed by atoms with Gasteiger partial charge < -0.3 is 13.9 Å². The van der Waals surface area contributed by atoms with Crippen LogP contribution in [0.5, 0.6) is 11.5 Å². The van der Waals surface area contributed by atoms with Crippen LogP contribution in [0.25, 0.3) is 0 Å². The number of hydrogen-bond donors (Lipinski definition) is 1. The van der Waals surface area contributed by atoms with Gasteiger partial charge in [-0.2, -0.15) is 5.10 Å². The normalized spacial score (nSPS) is 11.2. The van der Waals surface area contributed by atoms with E-state index in [-0.39, 0.29) is 5.91 Å². The molecule has 29 heavy (non-hydrogen) atoms. The zero-order valence-corrected chi connectivity index (χ0v) is 16.8. The Balaban J connectivity index is 1.53. The first-order valence-electron chi connectivity index (χ1n) is 9.41. The van der Waals surface area contributed by atoms with Crippen molar-refractivity contribution in [1.82, 2.24) is 5.43 Å². The van der Waals surface area contributed by atoms with Crippen LogP contribution in [0.4, 0.5) is 0 Å². The fourth-order valence-electron chi connectivity index (χ4n) is 2.60. The highest BCUT2D eigenvalue weighted by atomic mass is 16.5. The third-order valence-corrected chi connectivity index (χ3v) is 4.18. The van der Waals surface area contributed by atoms with Crippen LogP contribution in [-0.2, 0) is 6.61 Å². The van der Waals surface area contributed by atoms with E-state index >= 15 is 0 Å². The van der Waals surface area contributed by atoms with Crippen LogP contribution in [0.15, 0.2) is 70.2 Å². The van der Waals surface area contributed by atoms with Gasteiger partial charge >= 0.3 is 0 Å². The van der Waals surface area contributed by atoms with Gasteiger partial charge in [-0.05, 0) is 74.9 Å². The van der Waals surface area contributed by atoms with E-state index in [1.165, 1.54) is 0 Å². The first kappa shape index (κ1) is 20.2. The van der Waals surface area contributed by atoms with Crippen LogP contribution in [0.2, 0.25) is 0 Å². The second-order valence-corrected chi connectivity index (χ2v) is 6.44. The number of aryl methyl sites for hydroxylation is 1. The van der Waals surface area contributed by atoms with E-state index in [2.05, 4.69) is 10.5 Å². The van der Waals surface area contributed by atoms with E-state index in [0.29, 0.717) is 30.2 Å². The largest absolute Gasteiger partial charge is 0.494 e. The summed E-state index contributed by atoms with van der Waals surface area (Å²) >= 11 is 0. The maximum Gasteiger partial charge on any atom is 0.271 e. The Morgan fingerprint density at radius 1 is 0.966 bits per heavy atom. The Morgan fingerprint density at radius 2 is 1.62 bits per heavy atom. The number of benzene rings is 2. The van der Waals surface area contributed by atoms with Crippen molar-refractivity contribution >= 4 is 11.6 Å². The second-order valence-electron chi connectivity index (χ2n) is 6.44. The Morgan fingerprint density at radius 3 is 2.21 bits per heavy atom. The average molecular weight is 392 g/mol. The SMILES string of the molecule is CCOc1ccc(OCc2ccc(C(=O)N/N=C(/C)c3ccc(C)o3)cc2)cc1. The number of carbonyl (C=O) groups is 1. The summed E-state index contributed by atoms with van der Waals surface area (Å²) in [5, 5.41) is 4.09. The molecule has 0 aliphatic rings. The van der Waals surface area contributed by atoms with Crippen molar-refractivity contribution in [1.29, 1.82) is 0 Å². The molecule has 0 atom stereocenters. The van der Waals surface area contributed by atoms with Crippen molar-refractivity contribution in [2.75, 3.05) is 6.61 Å². The molecule has 0 bridgehead atoms. The lowest BCUT2D eigenvalue weighted by Gasteiger charge is -2.08. The van der Waals surface area contributed by atoms with Gasteiger partial charge in [0.05, 0.1) is 6.61 Å². The number of amides is 1. The first-order chi connectivity index (χ1) is 14.0. The number of nitrogens with zero attached hydrogens (tertiary/aromatic N) is 1. The van der Waals surface area contributed by atoms with Crippen molar-refractivity contribution in [2.45, 2.75) is 27.4 Å². The lowest BCUT2D eigenvalue weighted by molar-refractivity contribution is 0.0954. The summed E-state index contributed by atoms with van der Waals surface area (Å²) in [7, 11) is 0. The molecule has 1 aromatic heterocycles. The molecule has 0 saturated heterocycles. The molecule has 0 saturated carbocycles. The predicted molar refractivity (Wildman–Crippen MR) is 112 cm³/mol. The average Bonchev–Trinajstić information content (AvgIpc) is 3.18. The second kappa shape index (κ2) is 9.59. The minimum atomic E-state index is -0.286. The Bertz CT molecular complexity index is 973. The zero-order valence-electron chi connectivity index (χ0n) is 16.8. The van der Waals surface area contributed by atoms with Gasteiger partial charge in [-0.1, -0.05) is 12.1 Å². The number of furan rings is 1. The van der Waals surface area contributed by atoms with Gasteiger partial charge in [0.2, 0.25) is 0 Å². The maximum atomic E-state index is 12.3. The molecule has 3 aromatic rings. The zero-order chi connectivity index (χ0) is 20.6. The summed E-state index contributed by atoms with van der Waals surface area (Å²) in [6.07, 6.45) is 0. The molecule has 0 radical (unpaired) electrons. The van der Waals surface area contributed by atoms with Crippen molar-refractivity contribution in [3.63, 3.8) is 0 Å². The van der Waals surface area contributed by atoms with Gasteiger partial charge in [-0.15, -0.1) is 0 Å². The number of rotatable bonds is 8. The molecule has 1 N–H and O–H groups in total. The highest BCUT2D eigenvalue weighted by molar-refractivity contribution is 5.99. The molecule has 0 unspecified atom stereocenters. The quantitative estimate of drug-likeness (QED) is 0.445. The molecule has 0 spiro atoms. The summed E-state index contributed by atoms with van der Waals surface area (Å²) in [5.41, 5.74) is 4.62. The highest BCUT2D eigenvalue weighted by Crippen LogP contribution is 2.19. The van der Waals surface area contributed by atoms with Crippen LogP contribution >= 0.6 is 0 Å². The molecule has 0 fully saturated rings. The van der Waals surface area contributed by atoms with Crippen molar-refractivity contribution in [3.05, 3.63) is 83.3 Å². The number of hydrogen-bond acceptors (Lipinski definition) is 5. The minimum absolute atomic E-state index is 0.286. The van der Waals surface area contributed by atoms with E-state index in [1.807, 2.05) is 62.4 Å². The van der Waals surface area contributed by atoms with Gasteiger partial charge in [-0.25, -0.2) is 5.43 Å². The molecular weight excluding hydrogens is 368 g/mol. The third-order valence-electron chi connectivity index (χ3n) is 4.18. The number of hydrazone groups is 1. The van der Waals surface area contributed by atoms with Gasteiger partial charge in [-0.3, -0.25) is 4.79 Å². The highest BCUT2D eigenvalue weighted by Gasteiger charge is 2.07. The Labute approximate surface area is 170 Å². The summed E-state index contributed by atoms with van der Waals surface area (Å²) in [6.45, 7) is 6.62. The van der Waals surface area contributed by atoms with Gasteiger partial charge in [0.1, 0.15) is 35.3 Å². The van der Waals surface area contributed by atoms with Crippen molar-refractivity contribution < 1.29 is 18.7 Å². The summed E-state index contributed by atoms with van der Waals surface area (Å²) in [4.78, 5) is 12.3. The number of nitrogens with one attached hydrogen (secondary N) is 1. The van der Waals surface area contributed by atoms with E-state index in [9.17, 15) is 4.79 Å². The van der Waals surface area contributed by atoms with Gasteiger partial charge in [0.15, 0.2) is 0 Å².